The molecule has 0 aliphatic carbocycles. The largest absolute Gasteiger partial charge is 0.383 e. The van der Waals surface area contributed by atoms with Crippen molar-refractivity contribution in [1.29, 1.82) is 0 Å². The Bertz CT molecular complexity index is 1180. The summed E-state index contributed by atoms with van der Waals surface area (Å²) in [7, 11) is -2.09. The van der Waals surface area contributed by atoms with E-state index < -0.39 is 10.0 Å². The summed E-state index contributed by atoms with van der Waals surface area (Å²) >= 11 is 1.42. The zero-order valence-electron chi connectivity index (χ0n) is 18.2. The maximum absolute atomic E-state index is 13.5. The van der Waals surface area contributed by atoms with Crippen LogP contribution in [0.5, 0.6) is 0 Å². The van der Waals surface area contributed by atoms with Gasteiger partial charge in [-0.2, -0.15) is 4.31 Å². The third kappa shape index (κ3) is 4.56. The van der Waals surface area contributed by atoms with Crippen LogP contribution >= 0.6 is 11.3 Å². The highest BCUT2D eigenvalue weighted by Gasteiger charge is 2.31. The van der Waals surface area contributed by atoms with E-state index in [0.717, 1.165) is 29.5 Å². The van der Waals surface area contributed by atoms with Gasteiger partial charge in [-0.05, 0) is 50.1 Å². The molecule has 1 unspecified atom stereocenters. The topological polar surface area (TPSA) is 79.8 Å². The van der Waals surface area contributed by atoms with E-state index in [4.69, 9.17) is 4.74 Å². The summed E-state index contributed by atoms with van der Waals surface area (Å²) < 4.78 is 34.3. The number of amides is 1. The molecule has 3 aromatic rings. The minimum Gasteiger partial charge on any atom is -0.383 e. The number of fused-ring (bicyclic) bond motifs is 1. The minimum atomic E-state index is -3.67. The van der Waals surface area contributed by atoms with E-state index in [0.29, 0.717) is 30.4 Å². The van der Waals surface area contributed by atoms with Crippen molar-refractivity contribution >= 4 is 42.6 Å². The number of benzene rings is 2. The number of anilines is 1. The van der Waals surface area contributed by atoms with Gasteiger partial charge in [0.25, 0.3) is 5.91 Å². The molecule has 0 spiro atoms. The number of rotatable bonds is 7. The van der Waals surface area contributed by atoms with E-state index in [1.165, 1.54) is 17.4 Å². The molecule has 1 amide bonds. The van der Waals surface area contributed by atoms with Gasteiger partial charge in [-0.15, -0.1) is 0 Å². The first-order chi connectivity index (χ1) is 15.4. The molecule has 1 fully saturated rings. The van der Waals surface area contributed by atoms with Crippen LogP contribution in [-0.2, 0) is 14.8 Å². The number of methoxy groups -OCH3 is 1. The molecule has 32 heavy (non-hydrogen) atoms. The van der Waals surface area contributed by atoms with Crippen LogP contribution in [-0.4, -0.2) is 56.5 Å². The number of hydrogen-bond donors (Lipinski definition) is 0. The molecule has 0 saturated carbocycles. The van der Waals surface area contributed by atoms with Gasteiger partial charge in [0.15, 0.2) is 5.13 Å². The number of carbonyl (C=O) groups excluding carboxylic acids is 1. The minimum absolute atomic E-state index is 0.0472. The highest BCUT2D eigenvalue weighted by atomic mass is 32.2. The molecular formula is C23H27N3O4S2. The van der Waals surface area contributed by atoms with Crippen molar-refractivity contribution in [3.63, 3.8) is 0 Å². The van der Waals surface area contributed by atoms with Crippen molar-refractivity contribution in [2.24, 2.45) is 0 Å². The average molecular weight is 474 g/mol. The number of para-hydroxylation sites is 1. The molecule has 1 aliphatic heterocycles. The number of thiazole rings is 1. The first kappa shape index (κ1) is 22.8. The van der Waals surface area contributed by atoms with Gasteiger partial charge in [0.2, 0.25) is 10.0 Å². The fourth-order valence-corrected chi connectivity index (χ4v) is 6.69. The molecule has 4 rings (SSSR count). The van der Waals surface area contributed by atoms with Crippen molar-refractivity contribution in [1.82, 2.24) is 9.29 Å². The van der Waals surface area contributed by atoms with Crippen LogP contribution in [0.2, 0.25) is 0 Å². The highest BCUT2D eigenvalue weighted by Crippen LogP contribution is 2.30. The number of ether oxygens (including phenoxy) is 1. The van der Waals surface area contributed by atoms with E-state index in [-0.39, 0.29) is 16.8 Å². The number of sulfonamides is 1. The first-order valence-electron chi connectivity index (χ1n) is 10.7. The molecule has 0 N–H and O–H groups in total. The van der Waals surface area contributed by atoms with E-state index >= 15 is 0 Å². The Morgan fingerprint density at radius 2 is 2.03 bits per heavy atom. The normalized spacial score (nSPS) is 17.5. The maximum Gasteiger partial charge on any atom is 0.260 e. The summed E-state index contributed by atoms with van der Waals surface area (Å²) in [5.41, 5.74) is 1.13. The lowest BCUT2D eigenvalue weighted by molar-refractivity contribution is 0.0975. The Labute approximate surface area is 192 Å². The van der Waals surface area contributed by atoms with Crippen LogP contribution < -0.4 is 4.90 Å². The summed E-state index contributed by atoms with van der Waals surface area (Å²) in [6.07, 6.45) is 2.73. The lowest BCUT2D eigenvalue weighted by Crippen LogP contribution is -2.42. The monoisotopic (exact) mass is 473 g/mol. The molecule has 1 atom stereocenters. The predicted molar refractivity (Wildman–Crippen MR) is 127 cm³/mol. The molecule has 0 radical (unpaired) electrons. The Kier molecular flexibility index (Phi) is 6.90. The number of nitrogens with zero attached hydrogens (tertiary/aromatic N) is 3. The number of hydrogen-bond acceptors (Lipinski definition) is 6. The Hall–Kier alpha value is -2.33. The number of aromatic nitrogens is 1. The molecular weight excluding hydrogens is 446 g/mol. The van der Waals surface area contributed by atoms with Crippen LogP contribution in [0.3, 0.4) is 0 Å². The number of piperidine rings is 1. The van der Waals surface area contributed by atoms with Gasteiger partial charge in [-0.25, -0.2) is 13.4 Å². The van der Waals surface area contributed by atoms with Gasteiger partial charge in [-0.1, -0.05) is 36.0 Å². The SMILES string of the molecule is COCCN(C(=O)c1cccc(S(=O)(=O)N2CCCCC2C)c1)c1nc2ccccc2s1. The third-order valence-electron chi connectivity index (χ3n) is 5.71. The second-order valence-corrected chi connectivity index (χ2v) is 10.8. The van der Waals surface area contributed by atoms with Crippen LogP contribution in [0, 0.1) is 0 Å². The first-order valence-corrected chi connectivity index (χ1v) is 13.0. The van der Waals surface area contributed by atoms with E-state index in [9.17, 15) is 13.2 Å². The molecule has 0 bridgehead atoms. The van der Waals surface area contributed by atoms with Crippen molar-refractivity contribution in [3.05, 3.63) is 54.1 Å². The second-order valence-electron chi connectivity index (χ2n) is 7.90. The Morgan fingerprint density at radius 1 is 1.22 bits per heavy atom. The molecule has 2 aromatic carbocycles. The molecule has 9 heteroatoms. The van der Waals surface area contributed by atoms with Crippen LogP contribution in [0.4, 0.5) is 5.13 Å². The van der Waals surface area contributed by atoms with E-state index in [1.807, 2.05) is 31.2 Å². The quantitative estimate of drug-likeness (QED) is 0.515. The Morgan fingerprint density at radius 3 is 2.78 bits per heavy atom. The van der Waals surface area contributed by atoms with Crippen molar-refractivity contribution in [3.8, 4) is 0 Å². The number of carbonyl (C=O) groups is 1. The zero-order chi connectivity index (χ0) is 22.7. The van der Waals surface area contributed by atoms with Gasteiger partial charge in [0.1, 0.15) is 0 Å². The highest BCUT2D eigenvalue weighted by molar-refractivity contribution is 7.89. The summed E-state index contributed by atoms with van der Waals surface area (Å²) in [5, 5.41) is 0.561. The molecule has 1 aromatic heterocycles. The predicted octanol–water partition coefficient (Wildman–Crippen LogP) is 4.15. The fraction of sp³-hybridized carbons (Fsp3) is 0.391. The van der Waals surface area contributed by atoms with Crippen molar-refractivity contribution in [2.45, 2.75) is 37.1 Å². The zero-order valence-corrected chi connectivity index (χ0v) is 19.9. The van der Waals surface area contributed by atoms with Crippen LogP contribution in [0.25, 0.3) is 10.2 Å². The van der Waals surface area contributed by atoms with Crippen LogP contribution in [0.15, 0.2) is 53.4 Å². The summed E-state index contributed by atoms with van der Waals surface area (Å²) in [4.78, 5) is 19.8. The summed E-state index contributed by atoms with van der Waals surface area (Å²) in [5.74, 6) is -0.301. The standard InChI is InChI=1S/C23H27N3O4S2/c1-17-8-5-6-13-26(17)32(28,29)19-10-7-9-18(16-19)22(27)25(14-15-30-2)23-24-20-11-3-4-12-21(20)31-23/h3-4,7,9-12,16-17H,5-6,8,13-15H2,1-2H3. The smallest absolute Gasteiger partial charge is 0.260 e. The van der Waals surface area contributed by atoms with Gasteiger partial charge in [-0.3, -0.25) is 9.69 Å². The van der Waals surface area contributed by atoms with E-state index in [2.05, 4.69) is 4.98 Å². The summed E-state index contributed by atoms with van der Waals surface area (Å²) in [6, 6.07) is 14.0. The van der Waals surface area contributed by atoms with Crippen LogP contribution in [0.1, 0.15) is 36.5 Å². The van der Waals surface area contributed by atoms with Gasteiger partial charge < -0.3 is 4.74 Å². The van der Waals surface area contributed by atoms with Gasteiger partial charge in [0, 0.05) is 25.3 Å². The lowest BCUT2D eigenvalue weighted by Gasteiger charge is -2.32. The molecule has 7 nitrogen and oxygen atoms in total. The van der Waals surface area contributed by atoms with Crippen molar-refractivity contribution in [2.75, 3.05) is 31.7 Å². The molecule has 1 aliphatic rings. The fourth-order valence-electron chi connectivity index (χ4n) is 3.95. The average Bonchev–Trinajstić information content (AvgIpc) is 3.23. The third-order valence-corrected chi connectivity index (χ3v) is 8.78. The molecule has 2 heterocycles. The second kappa shape index (κ2) is 9.66. The lowest BCUT2D eigenvalue weighted by atomic mass is 10.1. The maximum atomic E-state index is 13.5. The van der Waals surface area contributed by atoms with Gasteiger partial charge >= 0.3 is 0 Å². The van der Waals surface area contributed by atoms with Gasteiger partial charge in [0.05, 0.1) is 28.3 Å². The molecule has 1 saturated heterocycles. The Balaban J connectivity index is 1.67. The van der Waals surface area contributed by atoms with E-state index in [1.54, 1.807) is 34.5 Å². The molecule has 170 valence electrons. The summed E-state index contributed by atoms with van der Waals surface area (Å²) in [6.45, 7) is 3.10. The van der Waals surface area contributed by atoms with Crippen molar-refractivity contribution < 1.29 is 17.9 Å².